The second-order valence-electron chi connectivity index (χ2n) is 6.34. The standard InChI is InChI=1S/C17H28FN/c1-6-9-17(5,12-19-13(2)3)11-15-7-8-16(18)10-14(15)4/h7-8,10,13,19H,6,9,11-12H2,1-5H3. The predicted octanol–water partition coefficient (Wildman–Crippen LogP) is 4.48. The number of hydrogen-bond acceptors (Lipinski definition) is 1. The Balaban J connectivity index is 2.81. The van der Waals surface area contributed by atoms with Crippen molar-refractivity contribution in [3.05, 3.63) is 35.1 Å². The largest absolute Gasteiger partial charge is 0.314 e. The van der Waals surface area contributed by atoms with Gasteiger partial charge in [-0.25, -0.2) is 4.39 Å². The van der Waals surface area contributed by atoms with Crippen molar-refractivity contribution in [2.24, 2.45) is 5.41 Å². The Bertz CT molecular complexity index is 400. The van der Waals surface area contributed by atoms with E-state index in [0.29, 0.717) is 6.04 Å². The Kier molecular flexibility index (Phi) is 5.99. The molecule has 0 radical (unpaired) electrons. The number of aryl methyl sites for hydroxylation is 1. The lowest BCUT2D eigenvalue weighted by Gasteiger charge is -2.31. The van der Waals surface area contributed by atoms with Crippen molar-refractivity contribution in [1.82, 2.24) is 5.32 Å². The summed E-state index contributed by atoms with van der Waals surface area (Å²) in [6.07, 6.45) is 3.37. The molecule has 0 aliphatic carbocycles. The van der Waals surface area contributed by atoms with Gasteiger partial charge in [0.05, 0.1) is 0 Å². The van der Waals surface area contributed by atoms with Gasteiger partial charge in [-0.3, -0.25) is 0 Å². The first-order valence-electron chi connectivity index (χ1n) is 7.35. The van der Waals surface area contributed by atoms with E-state index in [-0.39, 0.29) is 11.2 Å². The molecule has 0 aliphatic rings. The third-order valence-corrected chi connectivity index (χ3v) is 3.71. The summed E-state index contributed by atoms with van der Waals surface area (Å²) in [4.78, 5) is 0. The maximum absolute atomic E-state index is 13.2. The first-order valence-corrected chi connectivity index (χ1v) is 7.35. The minimum atomic E-state index is -0.140. The van der Waals surface area contributed by atoms with Crippen LogP contribution in [-0.2, 0) is 6.42 Å². The van der Waals surface area contributed by atoms with Crippen LogP contribution in [-0.4, -0.2) is 12.6 Å². The molecule has 1 rings (SSSR count). The van der Waals surface area contributed by atoms with Gasteiger partial charge in [-0.2, -0.15) is 0 Å². The summed E-state index contributed by atoms with van der Waals surface area (Å²) in [5.41, 5.74) is 2.57. The molecule has 0 amide bonds. The third-order valence-electron chi connectivity index (χ3n) is 3.71. The zero-order valence-electron chi connectivity index (χ0n) is 13.0. The van der Waals surface area contributed by atoms with Crippen molar-refractivity contribution < 1.29 is 4.39 Å². The van der Waals surface area contributed by atoms with E-state index in [9.17, 15) is 4.39 Å². The molecule has 0 aliphatic heterocycles. The maximum atomic E-state index is 13.2. The highest BCUT2D eigenvalue weighted by molar-refractivity contribution is 5.27. The average molecular weight is 265 g/mol. The zero-order chi connectivity index (χ0) is 14.5. The van der Waals surface area contributed by atoms with Crippen molar-refractivity contribution in [2.45, 2.75) is 59.9 Å². The summed E-state index contributed by atoms with van der Waals surface area (Å²) < 4.78 is 13.2. The molecular formula is C17H28FN. The van der Waals surface area contributed by atoms with Gasteiger partial charge >= 0.3 is 0 Å². The van der Waals surface area contributed by atoms with E-state index < -0.39 is 0 Å². The van der Waals surface area contributed by atoms with E-state index >= 15 is 0 Å². The fourth-order valence-electron chi connectivity index (χ4n) is 2.61. The lowest BCUT2D eigenvalue weighted by molar-refractivity contribution is 0.266. The Hall–Kier alpha value is -0.890. The second kappa shape index (κ2) is 7.04. The van der Waals surface area contributed by atoms with Crippen molar-refractivity contribution >= 4 is 0 Å². The molecule has 0 saturated heterocycles. The molecule has 1 atom stereocenters. The first kappa shape index (κ1) is 16.2. The van der Waals surface area contributed by atoms with E-state index in [4.69, 9.17) is 0 Å². The number of hydrogen-bond donors (Lipinski definition) is 1. The molecule has 2 heteroatoms. The summed E-state index contributed by atoms with van der Waals surface area (Å²) in [7, 11) is 0. The number of rotatable bonds is 7. The van der Waals surface area contributed by atoms with Crippen LogP contribution in [0.3, 0.4) is 0 Å². The summed E-state index contributed by atoms with van der Waals surface area (Å²) in [5.74, 6) is -0.140. The molecule has 1 unspecified atom stereocenters. The lowest BCUT2D eigenvalue weighted by atomic mass is 9.78. The highest BCUT2D eigenvalue weighted by Crippen LogP contribution is 2.29. The highest BCUT2D eigenvalue weighted by Gasteiger charge is 2.24. The van der Waals surface area contributed by atoms with Gasteiger partial charge in [-0.15, -0.1) is 0 Å². The second-order valence-corrected chi connectivity index (χ2v) is 6.34. The van der Waals surface area contributed by atoms with E-state index in [1.165, 1.54) is 18.4 Å². The summed E-state index contributed by atoms with van der Waals surface area (Å²) in [6, 6.07) is 5.65. The van der Waals surface area contributed by atoms with Crippen molar-refractivity contribution in [1.29, 1.82) is 0 Å². The molecule has 0 aromatic heterocycles. The van der Waals surface area contributed by atoms with Gasteiger partial charge in [0.2, 0.25) is 0 Å². The Labute approximate surface area is 117 Å². The van der Waals surface area contributed by atoms with Gasteiger partial charge in [0.25, 0.3) is 0 Å². The molecule has 19 heavy (non-hydrogen) atoms. The normalized spacial score (nSPS) is 14.7. The Morgan fingerprint density at radius 2 is 2.00 bits per heavy atom. The summed E-state index contributed by atoms with van der Waals surface area (Å²) in [5, 5.41) is 3.55. The fourth-order valence-corrected chi connectivity index (χ4v) is 2.61. The van der Waals surface area contributed by atoms with Crippen molar-refractivity contribution in [3.63, 3.8) is 0 Å². The third kappa shape index (κ3) is 5.32. The zero-order valence-corrected chi connectivity index (χ0v) is 13.0. The molecule has 108 valence electrons. The minimum absolute atomic E-state index is 0.140. The maximum Gasteiger partial charge on any atom is 0.123 e. The van der Waals surface area contributed by atoms with E-state index in [0.717, 1.165) is 18.5 Å². The molecule has 0 bridgehead atoms. The van der Waals surface area contributed by atoms with Crippen LogP contribution in [0, 0.1) is 18.2 Å². The van der Waals surface area contributed by atoms with Crippen LogP contribution >= 0.6 is 0 Å². The van der Waals surface area contributed by atoms with E-state index in [1.807, 2.05) is 13.0 Å². The fraction of sp³-hybridized carbons (Fsp3) is 0.647. The SMILES string of the molecule is CCCC(C)(CNC(C)C)Cc1ccc(F)cc1C. The highest BCUT2D eigenvalue weighted by atomic mass is 19.1. The summed E-state index contributed by atoms with van der Waals surface area (Å²) in [6.45, 7) is 11.9. The molecule has 1 N–H and O–H groups in total. The number of halogens is 1. The van der Waals surface area contributed by atoms with Gasteiger partial charge in [-0.05, 0) is 48.4 Å². The smallest absolute Gasteiger partial charge is 0.123 e. The van der Waals surface area contributed by atoms with Gasteiger partial charge in [0, 0.05) is 12.6 Å². The lowest BCUT2D eigenvalue weighted by Crippen LogP contribution is -2.37. The van der Waals surface area contributed by atoms with Crippen LogP contribution in [0.25, 0.3) is 0 Å². The van der Waals surface area contributed by atoms with Crippen LogP contribution in [0.1, 0.15) is 51.7 Å². The Morgan fingerprint density at radius 1 is 1.32 bits per heavy atom. The topological polar surface area (TPSA) is 12.0 Å². The Morgan fingerprint density at radius 3 is 2.53 bits per heavy atom. The number of benzene rings is 1. The van der Waals surface area contributed by atoms with Crippen LogP contribution in [0.15, 0.2) is 18.2 Å². The van der Waals surface area contributed by atoms with Crippen LogP contribution in [0.5, 0.6) is 0 Å². The summed E-state index contributed by atoms with van der Waals surface area (Å²) >= 11 is 0. The molecule has 0 fully saturated rings. The van der Waals surface area contributed by atoms with Gasteiger partial charge in [0.15, 0.2) is 0 Å². The van der Waals surface area contributed by atoms with Gasteiger partial charge in [0.1, 0.15) is 5.82 Å². The van der Waals surface area contributed by atoms with Gasteiger partial charge < -0.3 is 5.32 Å². The molecule has 1 aromatic carbocycles. The molecular weight excluding hydrogens is 237 g/mol. The van der Waals surface area contributed by atoms with E-state index in [2.05, 4.69) is 33.0 Å². The van der Waals surface area contributed by atoms with Crippen LogP contribution in [0.2, 0.25) is 0 Å². The molecule has 1 nitrogen and oxygen atoms in total. The van der Waals surface area contributed by atoms with Crippen LogP contribution < -0.4 is 5.32 Å². The van der Waals surface area contributed by atoms with Gasteiger partial charge in [-0.1, -0.05) is 40.2 Å². The van der Waals surface area contributed by atoms with Crippen LogP contribution in [0.4, 0.5) is 4.39 Å². The first-order chi connectivity index (χ1) is 8.86. The van der Waals surface area contributed by atoms with Crippen molar-refractivity contribution in [3.8, 4) is 0 Å². The number of nitrogens with one attached hydrogen (secondary N) is 1. The monoisotopic (exact) mass is 265 g/mol. The molecule has 0 saturated carbocycles. The quantitative estimate of drug-likeness (QED) is 0.766. The predicted molar refractivity (Wildman–Crippen MR) is 81.0 cm³/mol. The van der Waals surface area contributed by atoms with Crippen molar-refractivity contribution in [2.75, 3.05) is 6.54 Å². The van der Waals surface area contributed by atoms with E-state index in [1.54, 1.807) is 12.1 Å². The average Bonchev–Trinajstić information content (AvgIpc) is 2.31. The molecule has 0 spiro atoms. The molecule has 1 aromatic rings. The minimum Gasteiger partial charge on any atom is -0.314 e. The molecule has 0 heterocycles.